The molecule has 15 nitrogen and oxygen atoms in total. The van der Waals surface area contributed by atoms with Crippen molar-refractivity contribution in [2.45, 2.75) is 73.2 Å². The van der Waals surface area contributed by atoms with Crippen LogP contribution in [0.3, 0.4) is 0 Å². The number of aliphatic hydroxyl groups excluding tert-OH is 12. The lowest BCUT2D eigenvalue weighted by atomic mass is 10.0. The number of fused-ring (bicyclic) bond motifs is 1. The highest BCUT2D eigenvalue weighted by Crippen LogP contribution is 2.26. The number of ether oxygens (including phenoxy) is 3. The Morgan fingerprint density at radius 3 is 1.27 bits per heavy atom. The van der Waals surface area contributed by atoms with Gasteiger partial charge in [0.1, 0.15) is 73.2 Å². The van der Waals surface area contributed by atoms with Crippen LogP contribution in [0.25, 0.3) is 0 Å². The molecule has 15 heteroatoms. The molecule has 0 spiro atoms. The van der Waals surface area contributed by atoms with Gasteiger partial charge in [0, 0.05) is 0 Å². The molecule has 3 aliphatic heterocycles. The summed E-state index contributed by atoms with van der Waals surface area (Å²) < 4.78 is 15.0. The Bertz CT molecular complexity index is 497. The van der Waals surface area contributed by atoms with E-state index in [0.717, 1.165) is 0 Å². The molecule has 3 saturated heterocycles. The van der Waals surface area contributed by atoms with Crippen LogP contribution in [-0.2, 0) is 14.2 Å². The predicted octanol–water partition coefficient (Wildman–Crippen LogP) is -7.62. The van der Waals surface area contributed by atoms with Crippen molar-refractivity contribution in [1.29, 1.82) is 0 Å². The summed E-state index contributed by atoms with van der Waals surface area (Å²) in [5.74, 6) is 0. The van der Waals surface area contributed by atoms with Crippen molar-refractivity contribution in [3.63, 3.8) is 0 Å². The highest BCUT2D eigenvalue weighted by Gasteiger charge is 2.46. The second kappa shape index (κ2) is 14.7. The Morgan fingerprint density at radius 2 is 0.970 bits per heavy atom. The third kappa shape index (κ3) is 8.53. The van der Waals surface area contributed by atoms with Crippen molar-refractivity contribution in [3.8, 4) is 0 Å². The fourth-order valence-corrected chi connectivity index (χ4v) is 3.20. The Kier molecular flexibility index (Phi) is 13.6. The molecule has 0 aromatic carbocycles. The Hall–Kier alpha value is -0.600. The van der Waals surface area contributed by atoms with E-state index in [-0.39, 0.29) is 32.0 Å². The molecule has 0 aromatic rings. The van der Waals surface area contributed by atoms with E-state index in [1.165, 1.54) is 0 Å². The van der Waals surface area contributed by atoms with Crippen LogP contribution in [0.1, 0.15) is 0 Å². The minimum atomic E-state index is -1.67. The van der Waals surface area contributed by atoms with Crippen LogP contribution in [0.2, 0.25) is 0 Å². The molecule has 33 heavy (non-hydrogen) atoms. The SMILES string of the molecule is OCC(O)C(O)C(O)C(O)CO.OC[C@@H](O)[C@H]1OC[C@H](O)[C@H]1O.O[C@@H]1CO[C@H]2[C@@H]1OC[C@@H]2O. The zero-order valence-corrected chi connectivity index (χ0v) is 17.8. The average molecular weight is 492 g/mol. The van der Waals surface area contributed by atoms with E-state index in [9.17, 15) is 0 Å². The molecule has 0 bridgehead atoms. The number of rotatable bonds is 7. The maximum atomic E-state index is 9.16. The molecule has 0 amide bonds. The predicted molar refractivity (Wildman–Crippen MR) is 105 cm³/mol. The molecule has 4 unspecified atom stereocenters. The first-order chi connectivity index (χ1) is 15.5. The quantitative estimate of drug-likeness (QED) is 0.157. The third-order valence-electron chi connectivity index (χ3n) is 5.27. The number of hydrogen-bond acceptors (Lipinski definition) is 15. The van der Waals surface area contributed by atoms with Gasteiger partial charge >= 0.3 is 0 Å². The Morgan fingerprint density at radius 1 is 0.576 bits per heavy atom. The van der Waals surface area contributed by atoms with E-state index in [0.29, 0.717) is 0 Å². The number of aliphatic hydroxyl groups is 12. The standard InChI is InChI=1S/C6H14O6.C6H12O5.C6H10O4/c7-1-3(9)5(11)6(12)4(10)2-8;7-1-3(8)6-5(10)4(9)2-11-6;7-3-1-9-6-4(8)2-10-5(3)6/h3-12H,1-2H2;3-10H,1-2H2;3-8H,1-2H2/t;2*3-,4+,5-,6-/m.11/s1. The monoisotopic (exact) mass is 492 g/mol. The van der Waals surface area contributed by atoms with Gasteiger partial charge in [0.15, 0.2) is 0 Å². The minimum Gasteiger partial charge on any atom is -0.394 e. The van der Waals surface area contributed by atoms with E-state index in [1.54, 1.807) is 0 Å². The van der Waals surface area contributed by atoms with Crippen LogP contribution >= 0.6 is 0 Å². The lowest BCUT2D eigenvalue weighted by Crippen LogP contribution is -2.46. The first-order valence-electron chi connectivity index (χ1n) is 10.3. The second-order valence-corrected chi connectivity index (χ2v) is 7.82. The van der Waals surface area contributed by atoms with Crippen molar-refractivity contribution in [1.82, 2.24) is 0 Å². The topological polar surface area (TPSA) is 270 Å². The Balaban J connectivity index is 0.000000248. The lowest BCUT2D eigenvalue weighted by Gasteiger charge is -2.24. The van der Waals surface area contributed by atoms with E-state index < -0.39 is 80.9 Å². The summed E-state index contributed by atoms with van der Waals surface area (Å²) in [6, 6.07) is 0. The molecular formula is C18H36O15. The minimum absolute atomic E-state index is 0.00287. The number of hydrogen-bond donors (Lipinski definition) is 12. The molecule has 12 atom stereocenters. The summed E-state index contributed by atoms with van der Waals surface area (Å²) in [4.78, 5) is 0. The third-order valence-corrected chi connectivity index (χ3v) is 5.27. The molecule has 3 heterocycles. The molecule has 0 radical (unpaired) electrons. The zero-order chi connectivity index (χ0) is 25.3. The van der Waals surface area contributed by atoms with Gasteiger partial charge in [0.2, 0.25) is 0 Å². The van der Waals surface area contributed by atoms with E-state index in [1.807, 2.05) is 0 Å². The fraction of sp³-hybridized carbons (Fsp3) is 1.00. The van der Waals surface area contributed by atoms with Crippen molar-refractivity contribution in [2.75, 3.05) is 39.6 Å². The molecule has 0 aromatic heterocycles. The first-order valence-corrected chi connectivity index (χ1v) is 10.3. The van der Waals surface area contributed by atoms with Crippen molar-refractivity contribution < 1.29 is 75.5 Å². The lowest BCUT2D eigenvalue weighted by molar-refractivity contribution is -0.123. The molecule has 198 valence electrons. The summed E-state index contributed by atoms with van der Waals surface area (Å²) in [6.07, 6.45) is -12.1. The summed E-state index contributed by atoms with van der Waals surface area (Å²) in [7, 11) is 0. The summed E-state index contributed by atoms with van der Waals surface area (Å²) in [5.41, 5.74) is 0. The van der Waals surface area contributed by atoms with Gasteiger partial charge in [-0.25, -0.2) is 0 Å². The fourth-order valence-electron chi connectivity index (χ4n) is 3.20. The van der Waals surface area contributed by atoms with Gasteiger partial charge in [-0.05, 0) is 0 Å². The smallest absolute Gasteiger partial charge is 0.114 e. The molecule has 3 rings (SSSR count). The molecule has 0 aliphatic carbocycles. The summed E-state index contributed by atoms with van der Waals surface area (Å²) >= 11 is 0. The maximum absolute atomic E-state index is 9.16. The van der Waals surface area contributed by atoms with Crippen LogP contribution in [-0.4, -0.2) is 174 Å². The van der Waals surface area contributed by atoms with Crippen molar-refractivity contribution >= 4 is 0 Å². The van der Waals surface area contributed by atoms with Gasteiger partial charge in [-0.3, -0.25) is 0 Å². The zero-order valence-electron chi connectivity index (χ0n) is 17.8. The highest BCUT2D eigenvalue weighted by atomic mass is 16.6. The van der Waals surface area contributed by atoms with Crippen molar-refractivity contribution in [3.05, 3.63) is 0 Å². The van der Waals surface area contributed by atoms with Crippen LogP contribution in [0, 0.1) is 0 Å². The highest BCUT2D eigenvalue weighted by molar-refractivity contribution is 4.93. The van der Waals surface area contributed by atoms with Crippen molar-refractivity contribution in [2.24, 2.45) is 0 Å². The Labute approximate surface area is 189 Å². The van der Waals surface area contributed by atoms with Gasteiger partial charge in [-0.2, -0.15) is 0 Å². The first kappa shape index (κ1) is 30.4. The molecule has 3 fully saturated rings. The van der Waals surface area contributed by atoms with Gasteiger partial charge in [0.05, 0.1) is 39.6 Å². The van der Waals surface area contributed by atoms with Gasteiger partial charge in [-0.1, -0.05) is 0 Å². The summed E-state index contributed by atoms with van der Waals surface area (Å²) in [6.45, 7) is -1.36. The normalized spacial score (nSPS) is 37.6. The van der Waals surface area contributed by atoms with E-state index in [2.05, 4.69) is 0 Å². The van der Waals surface area contributed by atoms with Gasteiger partial charge in [0.25, 0.3) is 0 Å². The van der Waals surface area contributed by atoms with Gasteiger partial charge in [-0.15, -0.1) is 0 Å². The molecular weight excluding hydrogens is 456 g/mol. The van der Waals surface area contributed by atoms with E-state index >= 15 is 0 Å². The van der Waals surface area contributed by atoms with Crippen LogP contribution < -0.4 is 0 Å². The molecule has 12 N–H and O–H groups in total. The largest absolute Gasteiger partial charge is 0.394 e. The summed E-state index contributed by atoms with van der Waals surface area (Å²) in [5, 5.41) is 106. The van der Waals surface area contributed by atoms with Gasteiger partial charge < -0.3 is 75.5 Å². The average Bonchev–Trinajstić information content (AvgIpc) is 3.49. The van der Waals surface area contributed by atoms with E-state index in [4.69, 9.17) is 75.5 Å². The maximum Gasteiger partial charge on any atom is 0.114 e. The second-order valence-electron chi connectivity index (χ2n) is 7.82. The van der Waals surface area contributed by atoms with Crippen LogP contribution in [0.5, 0.6) is 0 Å². The van der Waals surface area contributed by atoms with Crippen LogP contribution in [0.15, 0.2) is 0 Å². The van der Waals surface area contributed by atoms with Crippen LogP contribution in [0.4, 0.5) is 0 Å². The molecule has 3 aliphatic rings. The molecule has 0 saturated carbocycles.